The van der Waals surface area contributed by atoms with Crippen LogP contribution in [-0.2, 0) is 14.8 Å². The number of carboxylic acid groups (broad SMARTS) is 1. The average molecular weight is 264 g/mol. The lowest BCUT2D eigenvalue weighted by Gasteiger charge is -2.10. The van der Waals surface area contributed by atoms with E-state index in [1.54, 1.807) is 6.92 Å². The monoisotopic (exact) mass is 264 g/mol. The molecule has 1 aromatic rings. The molecule has 0 aliphatic rings. The first-order valence-corrected chi connectivity index (χ1v) is 6.78. The van der Waals surface area contributed by atoms with E-state index < -0.39 is 22.0 Å². The zero-order valence-electron chi connectivity index (χ0n) is 8.80. The Morgan fingerprint density at radius 1 is 1.69 bits per heavy atom. The van der Waals surface area contributed by atoms with Crippen LogP contribution in [0.25, 0.3) is 0 Å². The van der Waals surface area contributed by atoms with Crippen LogP contribution in [0.5, 0.6) is 0 Å². The van der Waals surface area contributed by atoms with Crippen molar-refractivity contribution in [3.05, 3.63) is 11.2 Å². The topological polar surface area (TPSA) is 96.4 Å². The van der Waals surface area contributed by atoms with Crippen LogP contribution in [-0.4, -0.2) is 30.5 Å². The maximum atomic E-state index is 11.7. The summed E-state index contributed by atoms with van der Waals surface area (Å²) >= 11 is 1.05. The van der Waals surface area contributed by atoms with E-state index in [9.17, 15) is 13.2 Å². The Hall–Kier alpha value is -0.990. The highest BCUT2D eigenvalue weighted by Crippen LogP contribution is 2.17. The summed E-state index contributed by atoms with van der Waals surface area (Å²) in [6.07, 6.45) is 1.01. The highest BCUT2D eigenvalue weighted by molar-refractivity contribution is 7.91. The minimum atomic E-state index is -3.64. The Kier molecular flexibility index (Phi) is 4.00. The number of carboxylic acids is 1. The van der Waals surface area contributed by atoms with Gasteiger partial charge in [-0.3, -0.25) is 4.79 Å². The second-order valence-corrected chi connectivity index (χ2v) is 6.49. The predicted octanol–water partition coefficient (Wildman–Crippen LogP) is 0.593. The normalized spacial score (nSPS) is 13.6. The molecule has 0 saturated carbocycles. The number of hydrogen-bond donors (Lipinski definition) is 2. The molecule has 2 N–H and O–H groups in total. The fraction of sp³-hybridized carbons (Fsp3) is 0.500. The van der Waals surface area contributed by atoms with Crippen molar-refractivity contribution in [2.75, 3.05) is 0 Å². The molecule has 0 aliphatic heterocycles. The fourth-order valence-corrected chi connectivity index (χ4v) is 3.46. The summed E-state index contributed by atoms with van der Waals surface area (Å²) in [7, 11) is -3.64. The van der Waals surface area contributed by atoms with Gasteiger partial charge in [-0.1, -0.05) is 0 Å². The summed E-state index contributed by atoms with van der Waals surface area (Å²) in [6, 6.07) is -0.648. The number of sulfonamides is 1. The van der Waals surface area contributed by atoms with Crippen molar-refractivity contribution < 1.29 is 18.3 Å². The van der Waals surface area contributed by atoms with Crippen molar-refractivity contribution in [1.29, 1.82) is 0 Å². The van der Waals surface area contributed by atoms with E-state index in [1.165, 1.54) is 13.1 Å². The first-order valence-electron chi connectivity index (χ1n) is 4.48. The minimum absolute atomic E-state index is 0.0993. The molecule has 0 spiro atoms. The van der Waals surface area contributed by atoms with E-state index in [2.05, 4.69) is 9.71 Å². The molecule has 1 heterocycles. The summed E-state index contributed by atoms with van der Waals surface area (Å²) in [4.78, 5) is 14.2. The molecule has 1 unspecified atom stereocenters. The molecule has 1 rings (SSSR count). The van der Waals surface area contributed by atoms with Gasteiger partial charge in [0.25, 0.3) is 10.0 Å². The van der Waals surface area contributed by atoms with Crippen LogP contribution in [0, 0.1) is 6.92 Å². The molecular weight excluding hydrogens is 252 g/mol. The second-order valence-electron chi connectivity index (χ2n) is 3.32. The molecule has 0 fully saturated rings. The summed E-state index contributed by atoms with van der Waals surface area (Å²) in [6.45, 7) is 3.20. The van der Waals surface area contributed by atoms with Gasteiger partial charge >= 0.3 is 5.97 Å². The van der Waals surface area contributed by atoms with Gasteiger partial charge in [-0.2, -0.15) is 0 Å². The van der Waals surface area contributed by atoms with Crippen LogP contribution in [0.1, 0.15) is 18.4 Å². The molecule has 8 heteroatoms. The molecule has 0 saturated heterocycles. The number of aliphatic carboxylic acids is 1. The van der Waals surface area contributed by atoms with Gasteiger partial charge < -0.3 is 5.11 Å². The van der Waals surface area contributed by atoms with Gasteiger partial charge in [0.2, 0.25) is 0 Å². The van der Waals surface area contributed by atoms with Gasteiger partial charge in [0, 0.05) is 6.04 Å². The third-order valence-electron chi connectivity index (χ3n) is 1.70. The number of carbonyl (C=O) groups is 1. The van der Waals surface area contributed by atoms with Crippen molar-refractivity contribution >= 4 is 27.3 Å². The lowest BCUT2D eigenvalue weighted by atomic mass is 10.3. The Morgan fingerprint density at radius 2 is 2.31 bits per heavy atom. The molecule has 0 aliphatic carbocycles. The van der Waals surface area contributed by atoms with Gasteiger partial charge in [-0.05, 0) is 13.8 Å². The number of thiazole rings is 1. The van der Waals surface area contributed by atoms with Crippen molar-refractivity contribution in [3.63, 3.8) is 0 Å². The van der Waals surface area contributed by atoms with E-state index in [1.807, 2.05) is 0 Å². The molecule has 6 nitrogen and oxygen atoms in total. The van der Waals surface area contributed by atoms with Gasteiger partial charge in [-0.25, -0.2) is 18.1 Å². The fourth-order valence-electron chi connectivity index (χ4n) is 1.09. The number of nitrogens with one attached hydrogen (secondary N) is 1. The van der Waals surface area contributed by atoms with Crippen LogP contribution < -0.4 is 4.72 Å². The van der Waals surface area contributed by atoms with Crippen molar-refractivity contribution in [2.45, 2.75) is 30.5 Å². The van der Waals surface area contributed by atoms with E-state index >= 15 is 0 Å². The first kappa shape index (κ1) is 13.1. The van der Waals surface area contributed by atoms with Crippen LogP contribution >= 0.6 is 11.3 Å². The van der Waals surface area contributed by atoms with Gasteiger partial charge in [0.1, 0.15) is 0 Å². The van der Waals surface area contributed by atoms with Crippen molar-refractivity contribution in [2.24, 2.45) is 0 Å². The average Bonchev–Trinajstić information content (AvgIpc) is 2.49. The zero-order valence-corrected chi connectivity index (χ0v) is 10.4. The third kappa shape index (κ3) is 3.54. The maximum Gasteiger partial charge on any atom is 0.304 e. The molecule has 0 radical (unpaired) electrons. The summed E-state index contributed by atoms with van der Waals surface area (Å²) < 4.78 is 25.8. The van der Waals surface area contributed by atoms with E-state index in [-0.39, 0.29) is 10.6 Å². The molecule has 90 valence electrons. The van der Waals surface area contributed by atoms with Crippen LogP contribution in [0.3, 0.4) is 0 Å². The summed E-state index contributed by atoms with van der Waals surface area (Å²) in [5, 5.41) is 9.16. The Bertz CT molecular complexity index is 480. The van der Waals surface area contributed by atoms with Crippen LogP contribution in [0.2, 0.25) is 0 Å². The van der Waals surface area contributed by atoms with E-state index in [0.29, 0.717) is 5.01 Å². The van der Waals surface area contributed by atoms with E-state index in [4.69, 9.17) is 5.11 Å². The quantitative estimate of drug-likeness (QED) is 0.811. The molecule has 16 heavy (non-hydrogen) atoms. The highest BCUT2D eigenvalue weighted by atomic mass is 32.2. The molecule has 0 amide bonds. The smallest absolute Gasteiger partial charge is 0.304 e. The first-order chi connectivity index (χ1) is 7.31. The number of aryl methyl sites for hydroxylation is 1. The standard InChI is InChI=1S/C8H12N2O4S2/c1-5(3-7(11)12)10-16(13,14)8-4-9-6(2)15-8/h4-5,10H,3H2,1-2H3,(H,11,12). The lowest BCUT2D eigenvalue weighted by molar-refractivity contribution is -0.137. The van der Waals surface area contributed by atoms with Crippen molar-refractivity contribution in [3.8, 4) is 0 Å². The maximum absolute atomic E-state index is 11.7. The van der Waals surface area contributed by atoms with Crippen molar-refractivity contribution in [1.82, 2.24) is 9.71 Å². The van der Waals surface area contributed by atoms with Crippen LogP contribution in [0.15, 0.2) is 10.4 Å². The Labute approximate surface area is 97.4 Å². The molecule has 1 atom stereocenters. The molecular formula is C8H12N2O4S2. The minimum Gasteiger partial charge on any atom is -0.481 e. The SMILES string of the molecule is Cc1ncc(S(=O)(=O)NC(C)CC(=O)O)s1. The number of nitrogens with zero attached hydrogens (tertiary/aromatic N) is 1. The predicted molar refractivity (Wildman–Crippen MR) is 58.9 cm³/mol. The van der Waals surface area contributed by atoms with Crippen LogP contribution in [0.4, 0.5) is 0 Å². The molecule has 1 aromatic heterocycles. The summed E-state index contributed by atoms with van der Waals surface area (Å²) in [5.74, 6) is -1.05. The van der Waals surface area contributed by atoms with Gasteiger partial charge in [0.05, 0.1) is 17.6 Å². The number of hydrogen-bond acceptors (Lipinski definition) is 5. The highest BCUT2D eigenvalue weighted by Gasteiger charge is 2.20. The zero-order chi connectivity index (χ0) is 12.3. The lowest BCUT2D eigenvalue weighted by Crippen LogP contribution is -2.33. The Morgan fingerprint density at radius 3 is 2.75 bits per heavy atom. The molecule has 0 bridgehead atoms. The number of rotatable bonds is 5. The van der Waals surface area contributed by atoms with Gasteiger partial charge in [0.15, 0.2) is 4.21 Å². The second kappa shape index (κ2) is 4.89. The number of aromatic nitrogens is 1. The third-order valence-corrected chi connectivity index (χ3v) is 4.67. The largest absolute Gasteiger partial charge is 0.481 e. The summed E-state index contributed by atoms with van der Waals surface area (Å²) in [5.41, 5.74) is 0. The Balaban J connectivity index is 2.76. The van der Waals surface area contributed by atoms with E-state index in [0.717, 1.165) is 11.3 Å². The molecule has 0 aromatic carbocycles. The van der Waals surface area contributed by atoms with Gasteiger partial charge in [-0.15, -0.1) is 11.3 Å².